The normalized spacial score (nSPS) is 23.9. The van der Waals surface area contributed by atoms with Gasteiger partial charge in [0, 0.05) is 13.1 Å². The van der Waals surface area contributed by atoms with E-state index >= 15 is 0 Å². The molecule has 21 heavy (non-hydrogen) atoms. The lowest BCUT2D eigenvalue weighted by atomic mass is 9.96. The molecule has 0 saturated carbocycles. The van der Waals surface area contributed by atoms with Crippen LogP contribution in [0, 0.1) is 11.6 Å². The average Bonchev–Trinajstić information content (AvgIpc) is 2.62. The Bertz CT molecular complexity index is 475. The Morgan fingerprint density at radius 3 is 2.48 bits per heavy atom. The summed E-state index contributed by atoms with van der Waals surface area (Å²) in [6.07, 6.45) is 1.72. The summed E-state index contributed by atoms with van der Waals surface area (Å²) in [6, 6.07) is 2.54. The number of aliphatic hydroxyl groups excluding tert-OH is 1. The second-order valence-electron chi connectivity index (χ2n) is 5.60. The van der Waals surface area contributed by atoms with E-state index < -0.39 is 17.2 Å². The van der Waals surface area contributed by atoms with Crippen LogP contribution < -0.4 is 4.74 Å². The molecular weight excluding hydrogens is 280 g/mol. The third-order valence-electron chi connectivity index (χ3n) is 3.97. The molecule has 1 aliphatic rings. The Morgan fingerprint density at radius 1 is 1.24 bits per heavy atom. The third kappa shape index (κ3) is 3.90. The maximum Gasteiger partial charge on any atom is 0.190 e. The van der Waals surface area contributed by atoms with Gasteiger partial charge in [-0.2, -0.15) is 0 Å². The number of nitrogens with zero attached hydrogens (tertiary/aromatic N) is 1. The van der Waals surface area contributed by atoms with Crippen molar-refractivity contribution in [3.8, 4) is 5.75 Å². The van der Waals surface area contributed by atoms with Crippen LogP contribution in [0.5, 0.6) is 5.75 Å². The first-order valence-corrected chi connectivity index (χ1v) is 7.05. The van der Waals surface area contributed by atoms with E-state index in [1.807, 2.05) is 4.90 Å². The third-order valence-corrected chi connectivity index (χ3v) is 3.97. The van der Waals surface area contributed by atoms with Gasteiger partial charge in [0.05, 0.1) is 19.3 Å². The van der Waals surface area contributed by atoms with Crippen LogP contribution in [-0.4, -0.2) is 47.5 Å². The van der Waals surface area contributed by atoms with Crippen LogP contribution in [0.4, 0.5) is 8.78 Å². The minimum atomic E-state index is -1.04. The van der Waals surface area contributed by atoms with Gasteiger partial charge in [-0.25, -0.2) is 8.78 Å². The second-order valence-corrected chi connectivity index (χ2v) is 5.60. The summed E-state index contributed by atoms with van der Waals surface area (Å²) in [6.45, 7) is 1.44. The molecule has 1 aliphatic heterocycles. The molecule has 0 unspecified atom stereocenters. The summed E-state index contributed by atoms with van der Waals surface area (Å²) < 4.78 is 32.0. The average molecular weight is 301 g/mol. The van der Waals surface area contributed by atoms with Crippen molar-refractivity contribution in [2.75, 3.05) is 26.8 Å². The van der Waals surface area contributed by atoms with Crippen molar-refractivity contribution >= 4 is 0 Å². The quantitative estimate of drug-likeness (QED) is 0.888. The summed E-state index contributed by atoms with van der Waals surface area (Å²) in [5.41, 5.74) is -0.509. The number of methoxy groups -OCH3 is 1. The van der Waals surface area contributed by atoms with Gasteiger partial charge in [0.2, 0.25) is 0 Å². The second kappa shape index (κ2) is 6.68. The number of likely N-dealkylation sites (tertiary alicyclic amines) is 1. The molecule has 1 saturated heterocycles. The van der Waals surface area contributed by atoms with Crippen molar-refractivity contribution in [1.82, 2.24) is 4.90 Å². The summed E-state index contributed by atoms with van der Waals surface area (Å²) in [4.78, 5) is 2.02. The number of rotatable bonds is 4. The molecule has 0 amide bonds. The van der Waals surface area contributed by atoms with Gasteiger partial charge in [-0.15, -0.1) is 0 Å². The van der Waals surface area contributed by atoms with Crippen molar-refractivity contribution in [2.24, 2.45) is 0 Å². The van der Waals surface area contributed by atoms with Gasteiger partial charge >= 0.3 is 0 Å². The van der Waals surface area contributed by atoms with Crippen LogP contribution in [0.2, 0.25) is 0 Å². The monoisotopic (exact) mass is 301 g/mol. The number of aliphatic hydroxyl groups is 2. The minimum Gasteiger partial charge on any atom is -0.491 e. The zero-order chi connectivity index (χ0) is 15.5. The van der Waals surface area contributed by atoms with Crippen LogP contribution in [0.25, 0.3) is 0 Å². The van der Waals surface area contributed by atoms with E-state index in [0.717, 1.165) is 13.0 Å². The maximum absolute atomic E-state index is 13.7. The lowest BCUT2D eigenvalue weighted by Gasteiger charge is -2.24. The lowest BCUT2D eigenvalue weighted by molar-refractivity contribution is -0.0255. The highest BCUT2D eigenvalue weighted by Crippen LogP contribution is 2.26. The van der Waals surface area contributed by atoms with E-state index in [4.69, 9.17) is 0 Å². The smallest absolute Gasteiger partial charge is 0.190 e. The van der Waals surface area contributed by atoms with E-state index in [1.165, 1.54) is 19.2 Å². The molecule has 1 atom stereocenters. The van der Waals surface area contributed by atoms with E-state index in [9.17, 15) is 19.0 Å². The Kier molecular flexibility index (Phi) is 5.13. The maximum atomic E-state index is 13.7. The SMILES string of the molecule is COc1c(F)cc(CN2CCC[C@](O)(CO)CC2)cc1F. The number of benzene rings is 1. The van der Waals surface area contributed by atoms with E-state index in [-0.39, 0.29) is 12.4 Å². The minimum absolute atomic E-state index is 0.257. The first-order valence-electron chi connectivity index (χ1n) is 7.05. The Hall–Kier alpha value is -1.24. The lowest BCUT2D eigenvalue weighted by Crippen LogP contribution is -2.34. The molecule has 2 rings (SSSR count). The Balaban J connectivity index is 2.05. The molecule has 0 aromatic heterocycles. The number of ether oxygens (including phenoxy) is 1. The highest BCUT2D eigenvalue weighted by Gasteiger charge is 2.29. The highest BCUT2D eigenvalue weighted by molar-refractivity contribution is 5.31. The van der Waals surface area contributed by atoms with Gasteiger partial charge < -0.3 is 14.9 Å². The van der Waals surface area contributed by atoms with Crippen LogP contribution in [-0.2, 0) is 6.54 Å². The van der Waals surface area contributed by atoms with E-state index in [1.54, 1.807) is 0 Å². The van der Waals surface area contributed by atoms with Gasteiger partial charge in [0.25, 0.3) is 0 Å². The molecule has 1 aromatic rings. The number of hydrogen-bond acceptors (Lipinski definition) is 4. The first-order chi connectivity index (χ1) is 9.97. The van der Waals surface area contributed by atoms with Gasteiger partial charge in [-0.05, 0) is 43.5 Å². The molecule has 0 bridgehead atoms. The van der Waals surface area contributed by atoms with Crippen molar-refractivity contribution in [3.05, 3.63) is 29.3 Å². The van der Waals surface area contributed by atoms with Gasteiger partial charge in [0.15, 0.2) is 17.4 Å². The van der Waals surface area contributed by atoms with Crippen molar-refractivity contribution < 1.29 is 23.7 Å². The summed E-state index contributed by atoms with van der Waals surface area (Å²) >= 11 is 0. The fraction of sp³-hybridized carbons (Fsp3) is 0.600. The van der Waals surface area contributed by atoms with Crippen LogP contribution >= 0.6 is 0 Å². The summed E-state index contributed by atoms with van der Waals surface area (Å²) in [5, 5.41) is 19.3. The largest absolute Gasteiger partial charge is 0.491 e. The molecule has 1 fully saturated rings. The molecule has 1 heterocycles. The molecule has 6 heteroatoms. The van der Waals surface area contributed by atoms with Gasteiger partial charge in [-0.1, -0.05) is 0 Å². The van der Waals surface area contributed by atoms with Crippen molar-refractivity contribution in [3.63, 3.8) is 0 Å². The molecular formula is C15H21F2NO3. The molecule has 118 valence electrons. The molecule has 2 N–H and O–H groups in total. The topological polar surface area (TPSA) is 52.9 Å². The summed E-state index contributed by atoms with van der Waals surface area (Å²) in [7, 11) is 1.23. The fourth-order valence-electron chi connectivity index (χ4n) is 2.71. The van der Waals surface area contributed by atoms with Crippen LogP contribution in [0.1, 0.15) is 24.8 Å². The summed E-state index contributed by atoms with van der Waals surface area (Å²) in [5.74, 6) is -1.80. The number of halogens is 2. The van der Waals surface area contributed by atoms with Crippen LogP contribution in [0.3, 0.4) is 0 Å². The van der Waals surface area contributed by atoms with Crippen molar-refractivity contribution in [1.29, 1.82) is 0 Å². The predicted molar refractivity (Wildman–Crippen MR) is 74.1 cm³/mol. The van der Waals surface area contributed by atoms with E-state index in [0.29, 0.717) is 31.5 Å². The molecule has 0 radical (unpaired) electrons. The molecule has 0 aliphatic carbocycles. The molecule has 0 spiro atoms. The van der Waals surface area contributed by atoms with Gasteiger partial charge in [0.1, 0.15) is 0 Å². The molecule has 1 aromatic carbocycles. The zero-order valence-corrected chi connectivity index (χ0v) is 12.1. The predicted octanol–water partition coefficient (Wildman–Crippen LogP) is 1.68. The van der Waals surface area contributed by atoms with Crippen molar-refractivity contribution in [2.45, 2.75) is 31.4 Å². The zero-order valence-electron chi connectivity index (χ0n) is 12.1. The first kappa shape index (κ1) is 16.1. The fourth-order valence-corrected chi connectivity index (χ4v) is 2.71. The highest BCUT2D eigenvalue weighted by atomic mass is 19.1. The standard InChI is InChI=1S/C15H21F2NO3/c1-21-14-12(16)7-11(8-13(14)17)9-18-5-2-3-15(20,10-19)4-6-18/h7-8,19-20H,2-6,9-10H2,1H3/t15-/m1/s1. The Labute approximate surface area is 123 Å². The van der Waals surface area contributed by atoms with Crippen LogP contribution in [0.15, 0.2) is 12.1 Å². The molecule has 4 nitrogen and oxygen atoms in total. The van der Waals surface area contributed by atoms with E-state index in [2.05, 4.69) is 4.74 Å². The van der Waals surface area contributed by atoms with Gasteiger partial charge in [-0.3, -0.25) is 4.90 Å². The number of hydrogen-bond donors (Lipinski definition) is 2. The Morgan fingerprint density at radius 2 is 1.90 bits per heavy atom.